The van der Waals surface area contributed by atoms with Gasteiger partial charge in [-0.2, -0.15) is 0 Å². The first-order valence-corrected chi connectivity index (χ1v) is 11.8. The molecule has 0 N–H and O–H groups in total. The van der Waals surface area contributed by atoms with Crippen molar-refractivity contribution in [1.82, 2.24) is 9.88 Å². The van der Waals surface area contributed by atoms with Crippen molar-refractivity contribution in [3.63, 3.8) is 0 Å². The van der Waals surface area contributed by atoms with Gasteiger partial charge >= 0.3 is 0 Å². The van der Waals surface area contributed by atoms with Crippen LogP contribution in [0.5, 0.6) is 5.75 Å². The SMILES string of the molecule is CC(C)Oc1ccc(C(=O)N(CCCN2CCOCC2)c2nc3c(F)cccc3s2)cc1.Cl. The summed E-state index contributed by atoms with van der Waals surface area (Å²) < 4.78 is 26.1. The number of anilines is 1. The average molecular weight is 494 g/mol. The van der Waals surface area contributed by atoms with Crippen LogP contribution in [0.2, 0.25) is 0 Å². The number of ether oxygens (including phenoxy) is 2. The predicted molar refractivity (Wildman–Crippen MR) is 133 cm³/mol. The van der Waals surface area contributed by atoms with E-state index in [2.05, 4.69) is 9.88 Å². The molecule has 1 aromatic heterocycles. The maximum Gasteiger partial charge on any atom is 0.260 e. The van der Waals surface area contributed by atoms with Crippen LogP contribution in [0.4, 0.5) is 9.52 Å². The van der Waals surface area contributed by atoms with Crippen LogP contribution in [0.1, 0.15) is 30.6 Å². The number of carbonyl (C=O) groups is 1. The zero-order valence-electron chi connectivity index (χ0n) is 18.8. The van der Waals surface area contributed by atoms with Crippen molar-refractivity contribution in [3.8, 4) is 5.75 Å². The van der Waals surface area contributed by atoms with Crippen LogP contribution >= 0.6 is 23.7 Å². The molecule has 1 aliphatic rings. The van der Waals surface area contributed by atoms with Crippen molar-refractivity contribution < 1.29 is 18.7 Å². The first kappa shape index (κ1) is 25.4. The molecule has 0 unspecified atom stereocenters. The summed E-state index contributed by atoms with van der Waals surface area (Å²) in [6.07, 6.45) is 0.851. The molecule has 1 fully saturated rings. The highest BCUT2D eigenvalue weighted by Gasteiger charge is 2.23. The molecule has 0 saturated carbocycles. The van der Waals surface area contributed by atoms with Gasteiger partial charge in [0.05, 0.1) is 24.0 Å². The molecule has 4 rings (SSSR count). The summed E-state index contributed by atoms with van der Waals surface area (Å²) in [6, 6.07) is 12.0. The molecule has 0 radical (unpaired) electrons. The number of rotatable bonds is 8. The molecule has 1 saturated heterocycles. The third-order valence-corrected chi connectivity index (χ3v) is 6.31. The fourth-order valence-electron chi connectivity index (χ4n) is 3.68. The van der Waals surface area contributed by atoms with E-state index in [1.807, 2.05) is 19.9 Å². The molecule has 0 atom stereocenters. The Labute approximate surface area is 203 Å². The smallest absolute Gasteiger partial charge is 0.260 e. The standard InChI is InChI=1S/C24H28FN3O3S.ClH/c1-17(2)31-19-9-7-18(8-10-19)23(29)28(12-4-11-27-13-15-30-16-14-27)24-26-22-20(25)5-3-6-21(22)32-24;/h3,5-10,17H,4,11-16H2,1-2H3;1H. The molecular formula is C24H29ClFN3O3S. The molecule has 0 bridgehead atoms. The number of para-hydroxylation sites is 1. The van der Waals surface area contributed by atoms with Crippen LogP contribution in [-0.4, -0.2) is 61.3 Å². The van der Waals surface area contributed by atoms with Gasteiger partial charge in [0.2, 0.25) is 0 Å². The predicted octanol–water partition coefficient (Wildman–Crippen LogP) is 5.01. The van der Waals surface area contributed by atoms with Gasteiger partial charge in [-0.3, -0.25) is 14.6 Å². The monoisotopic (exact) mass is 493 g/mol. The van der Waals surface area contributed by atoms with Gasteiger partial charge in [0.15, 0.2) is 5.13 Å². The van der Waals surface area contributed by atoms with E-state index >= 15 is 0 Å². The lowest BCUT2D eigenvalue weighted by Crippen LogP contribution is -2.39. The number of amides is 1. The van der Waals surface area contributed by atoms with Crippen molar-refractivity contribution in [1.29, 1.82) is 0 Å². The topological polar surface area (TPSA) is 54.9 Å². The highest BCUT2D eigenvalue weighted by Crippen LogP contribution is 2.31. The molecule has 3 aromatic rings. The molecule has 6 nitrogen and oxygen atoms in total. The molecule has 0 spiro atoms. The number of nitrogens with zero attached hydrogens (tertiary/aromatic N) is 3. The maximum absolute atomic E-state index is 14.2. The van der Waals surface area contributed by atoms with Gasteiger partial charge in [-0.15, -0.1) is 12.4 Å². The van der Waals surface area contributed by atoms with Crippen LogP contribution < -0.4 is 9.64 Å². The zero-order chi connectivity index (χ0) is 22.5. The van der Waals surface area contributed by atoms with Crippen LogP contribution in [0.15, 0.2) is 42.5 Å². The molecule has 33 heavy (non-hydrogen) atoms. The van der Waals surface area contributed by atoms with Crippen molar-refractivity contribution in [2.45, 2.75) is 26.4 Å². The molecule has 0 aliphatic carbocycles. The molecule has 2 aromatic carbocycles. The Hall–Kier alpha value is -2.26. The number of hydrogen-bond donors (Lipinski definition) is 0. The van der Waals surface area contributed by atoms with Gasteiger partial charge in [0.25, 0.3) is 5.91 Å². The largest absolute Gasteiger partial charge is 0.491 e. The van der Waals surface area contributed by atoms with Gasteiger partial charge in [0, 0.05) is 31.7 Å². The van der Waals surface area contributed by atoms with E-state index < -0.39 is 0 Å². The first-order chi connectivity index (χ1) is 15.5. The Morgan fingerprint density at radius 1 is 1.21 bits per heavy atom. The molecule has 1 aliphatic heterocycles. The number of fused-ring (bicyclic) bond motifs is 1. The van der Waals surface area contributed by atoms with Crippen LogP contribution in [-0.2, 0) is 4.74 Å². The highest BCUT2D eigenvalue weighted by molar-refractivity contribution is 7.22. The van der Waals surface area contributed by atoms with Crippen molar-refractivity contribution in [3.05, 3.63) is 53.8 Å². The number of hydrogen-bond acceptors (Lipinski definition) is 6. The number of morpholine rings is 1. The summed E-state index contributed by atoms with van der Waals surface area (Å²) in [5, 5.41) is 0.514. The van der Waals surface area contributed by atoms with E-state index in [0.29, 0.717) is 22.8 Å². The van der Waals surface area contributed by atoms with Crippen molar-refractivity contribution >= 4 is 45.0 Å². The minimum absolute atomic E-state index is 0. The van der Waals surface area contributed by atoms with E-state index in [0.717, 1.165) is 49.7 Å². The average Bonchev–Trinajstić information content (AvgIpc) is 3.22. The summed E-state index contributed by atoms with van der Waals surface area (Å²) in [6.45, 7) is 8.57. The molecule has 1 amide bonds. The van der Waals surface area contributed by atoms with Gasteiger partial charge in [-0.1, -0.05) is 17.4 Å². The quantitative estimate of drug-likeness (QED) is 0.441. The normalized spacial score (nSPS) is 14.3. The minimum atomic E-state index is -0.374. The number of halogens is 2. The second-order valence-corrected chi connectivity index (χ2v) is 9.05. The fourth-order valence-corrected chi connectivity index (χ4v) is 4.69. The molecular weight excluding hydrogens is 465 g/mol. The third-order valence-electron chi connectivity index (χ3n) is 5.27. The van der Waals surface area contributed by atoms with Crippen molar-refractivity contribution in [2.75, 3.05) is 44.3 Å². The summed E-state index contributed by atoms with van der Waals surface area (Å²) in [4.78, 5) is 21.9. The summed E-state index contributed by atoms with van der Waals surface area (Å²) in [5.41, 5.74) is 0.853. The summed E-state index contributed by atoms with van der Waals surface area (Å²) in [5.74, 6) is 0.195. The summed E-state index contributed by atoms with van der Waals surface area (Å²) in [7, 11) is 0. The third kappa shape index (κ3) is 6.41. The van der Waals surface area contributed by atoms with Gasteiger partial charge in [-0.05, 0) is 56.7 Å². The van der Waals surface area contributed by atoms with Crippen molar-refractivity contribution in [2.24, 2.45) is 0 Å². The molecule has 9 heteroatoms. The lowest BCUT2D eigenvalue weighted by molar-refractivity contribution is 0.0376. The fraction of sp³-hybridized carbons (Fsp3) is 0.417. The Morgan fingerprint density at radius 2 is 1.94 bits per heavy atom. The lowest BCUT2D eigenvalue weighted by Gasteiger charge is -2.27. The Balaban J connectivity index is 0.00000306. The van der Waals surface area contributed by atoms with E-state index in [4.69, 9.17) is 9.47 Å². The maximum atomic E-state index is 14.2. The number of carbonyl (C=O) groups excluding carboxylic acids is 1. The highest BCUT2D eigenvalue weighted by atomic mass is 35.5. The van der Waals surface area contributed by atoms with E-state index in [-0.39, 0.29) is 30.2 Å². The molecule has 178 valence electrons. The van der Waals surface area contributed by atoms with Gasteiger partial charge < -0.3 is 9.47 Å². The zero-order valence-corrected chi connectivity index (χ0v) is 20.5. The van der Waals surface area contributed by atoms with E-state index in [1.54, 1.807) is 35.2 Å². The van der Waals surface area contributed by atoms with Gasteiger partial charge in [0.1, 0.15) is 17.1 Å². The summed E-state index contributed by atoms with van der Waals surface area (Å²) >= 11 is 1.34. The minimum Gasteiger partial charge on any atom is -0.491 e. The first-order valence-electron chi connectivity index (χ1n) is 10.9. The van der Waals surface area contributed by atoms with Gasteiger partial charge in [-0.25, -0.2) is 9.37 Å². The molecule has 2 heterocycles. The van der Waals surface area contributed by atoms with Crippen LogP contribution in [0.25, 0.3) is 10.2 Å². The second kappa shape index (κ2) is 11.7. The van der Waals surface area contributed by atoms with Crippen LogP contribution in [0.3, 0.4) is 0 Å². The number of aromatic nitrogens is 1. The Kier molecular flexibility index (Phi) is 9.02. The Morgan fingerprint density at radius 3 is 2.61 bits per heavy atom. The van der Waals surface area contributed by atoms with E-state index in [1.165, 1.54) is 17.4 Å². The van der Waals surface area contributed by atoms with E-state index in [9.17, 15) is 9.18 Å². The lowest BCUT2D eigenvalue weighted by atomic mass is 10.2. The Bertz CT molecular complexity index is 1050. The van der Waals surface area contributed by atoms with Crippen LogP contribution in [0, 0.1) is 5.82 Å². The second-order valence-electron chi connectivity index (χ2n) is 8.04. The number of benzene rings is 2. The number of thiazole rings is 1.